The first-order valence-electron chi connectivity index (χ1n) is 10.3. The molecule has 1 fully saturated rings. The molecule has 0 amide bonds. The molecule has 0 aliphatic carbocycles. The first kappa shape index (κ1) is 23.1. The van der Waals surface area contributed by atoms with E-state index in [2.05, 4.69) is 34.4 Å². The maximum atomic E-state index is 5.57. The number of guanidine groups is 1. The summed E-state index contributed by atoms with van der Waals surface area (Å²) in [4.78, 5) is 7.11. The highest BCUT2D eigenvalue weighted by Gasteiger charge is 2.08. The Morgan fingerprint density at radius 2 is 1.73 bits per heavy atom. The molecule has 0 bridgehead atoms. The van der Waals surface area contributed by atoms with Gasteiger partial charge in [-0.3, -0.25) is 9.89 Å². The van der Waals surface area contributed by atoms with Crippen molar-refractivity contribution in [2.45, 2.75) is 39.5 Å². The largest absolute Gasteiger partial charge is 0.379 e. The molecule has 7 heteroatoms. The van der Waals surface area contributed by atoms with Gasteiger partial charge in [-0.1, -0.05) is 13.3 Å². The molecule has 0 unspecified atom stereocenters. The van der Waals surface area contributed by atoms with E-state index < -0.39 is 0 Å². The van der Waals surface area contributed by atoms with E-state index >= 15 is 0 Å². The Morgan fingerprint density at radius 1 is 0.962 bits per heavy atom. The van der Waals surface area contributed by atoms with Crippen molar-refractivity contribution in [1.82, 2.24) is 15.5 Å². The van der Waals surface area contributed by atoms with Crippen LogP contribution in [-0.4, -0.2) is 89.8 Å². The van der Waals surface area contributed by atoms with Gasteiger partial charge in [-0.05, 0) is 32.7 Å². The Bertz CT molecular complexity index is 337. The van der Waals surface area contributed by atoms with Gasteiger partial charge in [0.25, 0.3) is 0 Å². The minimum Gasteiger partial charge on any atom is -0.379 e. The molecule has 1 rings (SSSR count). The third-order valence-corrected chi connectivity index (χ3v) is 4.15. The summed E-state index contributed by atoms with van der Waals surface area (Å²) in [5.74, 6) is 0.877. The van der Waals surface area contributed by atoms with Gasteiger partial charge in [0.1, 0.15) is 0 Å². The first-order valence-corrected chi connectivity index (χ1v) is 10.3. The third-order valence-electron chi connectivity index (χ3n) is 4.15. The fourth-order valence-electron chi connectivity index (χ4n) is 2.61. The van der Waals surface area contributed by atoms with Gasteiger partial charge in [0.2, 0.25) is 0 Å². The molecule has 1 aliphatic heterocycles. The fourth-order valence-corrected chi connectivity index (χ4v) is 2.61. The summed E-state index contributed by atoms with van der Waals surface area (Å²) >= 11 is 0. The lowest BCUT2D eigenvalue weighted by atomic mass is 10.3. The number of ether oxygens (including phenoxy) is 3. The van der Waals surface area contributed by atoms with Gasteiger partial charge in [0.15, 0.2) is 5.96 Å². The van der Waals surface area contributed by atoms with E-state index in [-0.39, 0.29) is 0 Å². The molecule has 0 aromatic heterocycles. The standard InChI is InChI=1S/C19H40N4O3/c1-3-5-13-24-17-18-25-14-9-22-19(20-4-2)21-8-6-7-10-23-11-15-26-16-12-23/h3-18H2,1-2H3,(H2,20,21,22). The molecule has 1 aliphatic rings. The summed E-state index contributed by atoms with van der Waals surface area (Å²) in [6.45, 7) is 14.6. The van der Waals surface area contributed by atoms with E-state index in [0.717, 1.165) is 77.9 Å². The Labute approximate surface area is 159 Å². The summed E-state index contributed by atoms with van der Waals surface area (Å²) in [5, 5.41) is 6.60. The molecule has 0 radical (unpaired) electrons. The lowest BCUT2D eigenvalue weighted by Gasteiger charge is -2.26. The smallest absolute Gasteiger partial charge is 0.191 e. The zero-order valence-electron chi connectivity index (χ0n) is 16.9. The average Bonchev–Trinajstić information content (AvgIpc) is 2.67. The SMILES string of the molecule is CCCCOCCOCCNC(=NCCCCN1CCOCC1)NCC. The van der Waals surface area contributed by atoms with E-state index in [4.69, 9.17) is 14.2 Å². The number of morpholine rings is 1. The van der Waals surface area contributed by atoms with Crippen LogP contribution >= 0.6 is 0 Å². The highest BCUT2D eigenvalue weighted by atomic mass is 16.5. The Balaban J connectivity index is 1.99. The number of rotatable bonds is 15. The number of aliphatic imine (C=N–C) groups is 1. The van der Waals surface area contributed by atoms with Crippen molar-refractivity contribution in [3.8, 4) is 0 Å². The summed E-state index contributed by atoms with van der Waals surface area (Å²) < 4.78 is 16.4. The van der Waals surface area contributed by atoms with E-state index in [1.54, 1.807) is 0 Å². The minimum absolute atomic E-state index is 0.653. The molecule has 0 atom stereocenters. The van der Waals surface area contributed by atoms with E-state index in [9.17, 15) is 0 Å². The number of hydrogen-bond donors (Lipinski definition) is 2. The van der Waals surface area contributed by atoms with Gasteiger partial charge in [-0.2, -0.15) is 0 Å². The quantitative estimate of drug-likeness (QED) is 0.258. The highest BCUT2D eigenvalue weighted by Crippen LogP contribution is 2.00. The predicted octanol–water partition coefficient (Wildman–Crippen LogP) is 1.49. The van der Waals surface area contributed by atoms with Crippen molar-refractivity contribution in [2.24, 2.45) is 4.99 Å². The second kappa shape index (κ2) is 17.5. The zero-order chi connectivity index (χ0) is 18.7. The van der Waals surface area contributed by atoms with Crippen LogP contribution in [-0.2, 0) is 14.2 Å². The number of nitrogens with zero attached hydrogens (tertiary/aromatic N) is 2. The number of nitrogens with one attached hydrogen (secondary N) is 2. The van der Waals surface area contributed by atoms with Crippen molar-refractivity contribution >= 4 is 5.96 Å². The van der Waals surface area contributed by atoms with Crippen LogP contribution in [0.2, 0.25) is 0 Å². The van der Waals surface area contributed by atoms with E-state index in [0.29, 0.717) is 19.8 Å². The van der Waals surface area contributed by atoms with Gasteiger partial charge in [-0.25, -0.2) is 0 Å². The molecular weight excluding hydrogens is 332 g/mol. The van der Waals surface area contributed by atoms with Crippen LogP contribution in [0.15, 0.2) is 4.99 Å². The second-order valence-corrected chi connectivity index (χ2v) is 6.43. The summed E-state index contributed by atoms with van der Waals surface area (Å²) in [7, 11) is 0. The summed E-state index contributed by atoms with van der Waals surface area (Å²) in [6.07, 6.45) is 4.59. The number of unbranched alkanes of at least 4 members (excludes halogenated alkanes) is 2. The molecule has 26 heavy (non-hydrogen) atoms. The Morgan fingerprint density at radius 3 is 2.46 bits per heavy atom. The van der Waals surface area contributed by atoms with E-state index in [1.807, 2.05) is 0 Å². The van der Waals surface area contributed by atoms with Crippen LogP contribution < -0.4 is 10.6 Å². The lowest BCUT2D eigenvalue weighted by Crippen LogP contribution is -2.39. The molecule has 0 aromatic rings. The molecule has 154 valence electrons. The average molecular weight is 373 g/mol. The predicted molar refractivity (Wildman–Crippen MR) is 107 cm³/mol. The molecule has 0 aromatic carbocycles. The normalized spacial score (nSPS) is 16.0. The Kier molecular flexibility index (Phi) is 15.6. The third kappa shape index (κ3) is 13.3. The summed E-state index contributed by atoms with van der Waals surface area (Å²) in [5.41, 5.74) is 0. The van der Waals surface area contributed by atoms with Crippen LogP contribution in [0.4, 0.5) is 0 Å². The van der Waals surface area contributed by atoms with Crippen molar-refractivity contribution in [2.75, 3.05) is 78.9 Å². The highest BCUT2D eigenvalue weighted by molar-refractivity contribution is 5.79. The van der Waals surface area contributed by atoms with Crippen LogP contribution in [0.25, 0.3) is 0 Å². The molecule has 0 spiro atoms. The fraction of sp³-hybridized carbons (Fsp3) is 0.947. The van der Waals surface area contributed by atoms with Gasteiger partial charge in [0, 0.05) is 39.3 Å². The van der Waals surface area contributed by atoms with Crippen LogP contribution in [0, 0.1) is 0 Å². The molecule has 1 heterocycles. The van der Waals surface area contributed by atoms with Crippen LogP contribution in [0.5, 0.6) is 0 Å². The van der Waals surface area contributed by atoms with Crippen molar-refractivity contribution < 1.29 is 14.2 Å². The lowest BCUT2D eigenvalue weighted by molar-refractivity contribution is 0.0373. The second-order valence-electron chi connectivity index (χ2n) is 6.43. The van der Waals surface area contributed by atoms with Crippen molar-refractivity contribution in [3.63, 3.8) is 0 Å². The van der Waals surface area contributed by atoms with Gasteiger partial charge in [-0.15, -0.1) is 0 Å². The van der Waals surface area contributed by atoms with Gasteiger partial charge >= 0.3 is 0 Å². The van der Waals surface area contributed by atoms with Crippen LogP contribution in [0.1, 0.15) is 39.5 Å². The number of hydrogen-bond acceptors (Lipinski definition) is 5. The summed E-state index contributed by atoms with van der Waals surface area (Å²) in [6, 6.07) is 0. The zero-order valence-corrected chi connectivity index (χ0v) is 16.9. The van der Waals surface area contributed by atoms with Crippen LogP contribution in [0.3, 0.4) is 0 Å². The van der Waals surface area contributed by atoms with Crippen molar-refractivity contribution in [3.05, 3.63) is 0 Å². The maximum Gasteiger partial charge on any atom is 0.191 e. The van der Waals surface area contributed by atoms with Gasteiger partial charge in [0.05, 0.1) is 33.0 Å². The molecular formula is C19H40N4O3. The maximum absolute atomic E-state index is 5.57. The molecule has 0 saturated carbocycles. The minimum atomic E-state index is 0.653. The molecule has 7 nitrogen and oxygen atoms in total. The van der Waals surface area contributed by atoms with E-state index in [1.165, 1.54) is 12.8 Å². The Hall–Kier alpha value is -0.890. The molecule has 1 saturated heterocycles. The van der Waals surface area contributed by atoms with Gasteiger partial charge < -0.3 is 24.8 Å². The molecule has 2 N–H and O–H groups in total. The topological polar surface area (TPSA) is 67.4 Å². The monoisotopic (exact) mass is 372 g/mol. The van der Waals surface area contributed by atoms with Crippen molar-refractivity contribution in [1.29, 1.82) is 0 Å². The first-order chi connectivity index (χ1) is 12.9.